The molecule has 7 heteroatoms. The van der Waals surface area contributed by atoms with Gasteiger partial charge in [0.15, 0.2) is 4.96 Å². The first-order chi connectivity index (χ1) is 14.2. The molecular formula is C22H21N3O3S. The van der Waals surface area contributed by atoms with Crippen molar-refractivity contribution in [3.05, 3.63) is 71.4 Å². The van der Waals surface area contributed by atoms with Crippen LogP contribution in [0.25, 0.3) is 16.2 Å². The number of aromatic nitrogens is 2. The van der Waals surface area contributed by atoms with Gasteiger partial charge in [-0.25, -0.2) is 4.98 Å². The van der Waals surface area contributed by atoms with Crippen LogP contribution in [0.3, 0.4) is 0 Å². The van der Waals surface area contributed by atoms with Gasteiger partial charge in [0.1, 0.15) is 11.5 Å². The lowest BCUT2D eigenvalue weighted by molar-refractivity contribution is -0.120. The summed E-state index contributed by atoms with van der Waals surface area (Å²) in [5.41, 5.74) is 3.68. The smallest absolute Gasteiger partial charge is 0.226 e. The third kappa shape index (κ3) is 4.09. The molecule has 4 aromatic rings. The van der Waals surface area contributed by atoms with Crippen LogP contribution in [-0.2, 0) is 17.8 Å². The largest absolute Gasteiger partial charge is 0.497 e. The fourth-order valence-corrected chi connectivity index (χ4v) is 4.02. The van der Waals surface area contributed by atoms with Crippen molar-refractivity contribution in [2.75, 3.05) is 14.2 Å². The van der Waals surface area contributed by atoms with Crippen LogP contribution in [-0.4, -0.2) is 29.5 Å². The van der Waals surface area contributed by atoms with E-state index in [0.29, 0.717) is 6.54 Å². The molecule has 0 aliphatic heterocycles. The van der Waals surface area contributed by atoms with Crippen LogP contribution in [0.15, 0.2) is 60.1 Å². The van der Waals surface area contributed by atoms with Crippen molar-refractivity contribution in [1.29, 1.82) is 0 Å². The minimum absolute atomic E-state index is 0.0489. The number of para-hydroxylation sites is 1. The average molecular weight is 407 g/mol. The fourth-order valence-electron chi connectivity index (χ4n) is 3.15. The van der Waals surface area contributed by atoms with Crippen LogP contribution in [0.5, 0.6) is 11.5 Å². The van der Waals surface area contributed by atoms with Crippen LogP contribution in [0.4, 0.5) is 0 Å². The summed E-state index contributed by atoms with van der Waals surface area (Å²) in [5, 5.41) is 4.94. The van der Waals surface area contributed by atoms with E-state index < -0.39 is 0 Å². The highest BCUT2D eigenvalue weighted by atomic mass is 32.1. The van der Waals surface area contributed by atoms with Crippen molar-refractivity contribution in [2.45, 2.75) is 13.0 Å². The Morgan fingerprint density at radius 2 is 2.00 bits per heavy atom. The number of amides is 1. The van der Waals surface area contributed by atoms with Crippen molar-refractivity contribution in [3.8, 4) is 22.8 Å². The Hall–Kier alpha value is -3.32. The Bertz CT molecular complexity index is 1150. The zero-order valence-corrected chi connectivity index (χ0v) is 17.0. The molecule has 2 heterocycles. The number of fused-ring (bicyclic) bond motifs is 1. The predicted octanol–water partition coefficient (Wildman–Crippen LogP) is 3.94. The first kappa shape index (κ1) is 19.0. The molecule has 0 saturated carbocycles. The molecule has 0 atom stereocenters. The van der Waals surface area contributed by atoms with E-state index in [0.717, 1.165) is 39.0 Å². The quantitative estimate of drug-likeness (QED) is 0.504. The third-order valence-corrected chi connectivity index (χ3v) is 5.55. The van der Waals surface area contributed by atoms with Crippen LogP contribution < -0.4 is 14.8 Å². The Morgan fingerprint density at radius 1 is 1.14 bits per heavy atom. The zero-order chi connectivity index (χ0) is 20.2. The maximum absolute atomic E-state index is 12.5. The van der Waals surface area contributed by atoms with Crippen LogP contribution >= 0.6 is 11.3 Å². The number of hydrogen-bond acceptors (Lipinski definition) is 5. The predicted molar refractivity (Wildman–Crippen MR) is 114 cm³/mol. The topological polar surface area (TPSA) is 64.9 Å². The van der Waals surface area contributed by atoms with Gasteiger partial charge >= 0.3 is 0 Å². The Morgan fingerprint density at radius 3 is 2.83 bits per heavy atom. The average Bonchev–Trinajstić information content (AvgIpc) is 3.34. The summed E-state index contributed by atoms with van der Waals surface area (Å²) in [6.07, 6.45) is 2.24. The van der Waals surface area contributed by atoms with E-state index in [-0.39, 0.29) is 12.3 Å². The fraction of sp³-hybridized carbons (Fsp3) is 0.182. The normalized spacial score (nSPS) is 10.8. The lowest BCUT2D eigenvalue weighted by Crippen LogP contribution is -2.25. The molecule has 0 spiro atoms. The summed E-state index contributed by atoms with van der Waals surface area (Å²) in [6.45, 7) is 0.426. The zero-order valence-electron chi connectivity index (χ0n) is 16.2. The number of hydrogen-bond donors (Lipinski definition) is 1. The van der Waals surface area contributed by atoms with E-state index >= 15 is 0 Å². The molecule has 1 amide bonds. The second-order valence-corrected chi connectivity index (χ2v) is 7.34. The third-order valence-electron chi connectivity index (χ3n) is 4.66. The monoisotopic (exact) mass is 407 g/mol. The molecule has 0 bridgehead atoms. The SMILES string of the molecule is COc1cccc(-c2cn3c(CC(=O)NCc4ccccc4OC)csc3n2)c1. The van der Waals surface area contributed by atoms with E-state index in [2.05, 4.69) is 10.3 Å². The maximum Gasteiger partial charge on any atom is 0.226 e. The first-order valence-electron chi connectivity index (χ1n) is 9.16. The molecular weight excluding hydrogens is 386 g/mol. The Kier molecular flexibility index (Phi) is 5.48. The summed E-state index contributed by atoms with van der Waals surface area (Å²) in [5.74, 6) is 1.50. The van der Waals surface area contributed by atoms with E-state index in [1.54, 1.807) is 14.2 Å². The number of methoxy groups -OCH3 is 2. The molecule has 2 aromatic heterocycles. The summed E-state index contributed by atoms with van der Waals surface area (Å²) >= 11 is 1.52. The van der Waals surface area contributed by atoms with Gasteiger partial charge in [0.2, 0.25) is 5.91 Å². The number of imidazole rings is 1. The number of thiazole rings is 1. The van der Waals surface area contributed by atoms with Gasteiger partial charge in [-0.1, -0.05) is 30.3 Å². The molecule has 4 rings (SSSR count). The van der Waals surface area contributed by atoms with Gasteiger partial charge in [-0.3, -0.25) is 9.20 Å². The second kappa shape index (κ2) is 8.36. The minimum atomic E-state index is -0.0489. The molecule has 29 heavy (non-hydrogen) atoms. The lowest BCUT2D eigenvalue weighted by atomic mass is 10.1. The van der Waals surface area contributed by atoms with Gasteiger partial charge in [0.25, 0.3) is 0 Å². The van der Waals surface area contributed by atoms with Gasteiger partial charge < -0.3 is 14.8 Å². The molecule has 2 aromatic carbocycles. The molecule has 148 valence electrons. The number of rotatable bonds is 7. The molecule has 0 radical (unpaired) electrons. The van der Waals surface area contributed by atoms with Crippen molar-refractivity contribution in [3.63, 3.8) is 0 Å². The molecule has 0 aliphatic rings. The minimum Gasteiger partial charge on any atom is -0.497 e. The number of nitrogens with zero attached hydrogens (tertiary/aromatic N) is 2. The van der Waals surface area contributed by atoms with E-state index in [1.165, 1.54) is 11.3 Å². The van der Waals surface area contributed by atoms with Crippen LogP contribution in [0.1, 0.15) is 11.3 Å². The first-order valence-corrected chi connectivity index (χ1v) is 10.0. The van der Waals surface area contributed by atoms with Crippen molar-refractivity contribution in [1.82, 2.24) is 14.7 Å². The highest BCUT2D eigenvalue weighted by molar-refractivity contribution is 7.15. The van der Waals surface area contributed by atoms with Gasteiger partial charge in [0.05, 0.1) is 26.3 Å². The van der Waals surface area contributed by atoms with Gasteiger partial charge in [-0.15, -0.1) is 11.3 Å². The number of ether oxygens (including phenoxy) is 2. The lowest BCUT2D eigenvalue weighted by Gasteiger charge is -2.09. The highest BCUT2D eigenvalue weighted by Gasteiger charge is 2.13. The van der Waals surface area contributed by atoms with E-state index in [9.17, 15) is 4.79 Å². The standard InChI is InChI=1S/C22H21N3O3S/c1-27-18-8-5-7-15(10-18)19-13-25-17(14-29-22(25)24-19)11-21(26)23-12-16-6-3-4-9-20(16)28-2/h3-10,13-14H,11-12H2,1-2H3,(H,23,26). The Labute approximate surface area is 172 Å². The molecule has 0 aliphatic carbocycles. The summed E-state index contributed by atoms with van der Waals surface area (Å²) in [4.78, 5) is 18.0. The molecule has 0 unspecified atom stereocenters. The summed E-state index contributed by atoms with van der Waals surface area (Å²) < 4.78 is 12.6. The van der Waals surface area contributed by atoms with Crippen molar-refractivity contribution < 1.29 is 14.3 Å². The van der Waals surface area contributed by atoms with Gasteiger partial charge in [0, 0.05) is 34.9 Å². The number of benzene rings is 2. The number of carbonyl (C=O) groups excluding carboxylic acids is 1. The van der Waals surface area contributed by atoms with Gasteiger partial charge in [-0.05, 0) is 18.2 Å². The van der Waals surface area contributed by atoms with Crippen molar-refractivity contribution >= 4 is 22.2 Å². The maximum atomic E-state index is 12.5. The second-order valence-electron chi connectivity index (χ2n) is 6.50. The van der Waals surface area contributed by atoms with E-state index in [1.807, 2.05) is 64.5 Å². The molecule has 0 fully saturated rings. The summed E-state index contributed by atoms with van der Waals surface area (Å²) in [7, 11) is 3.27. The van der Waals surface area contributed by atoms with Crippen molar-refractivity contribution in [2.24, 2.45) is 0 Å². The van der Waals surface area contributed by atoms with E-state index in [4.69, 9.17) is 9.47 Å². The molecule has 0 saturated heterocycles. The summed E-state index contributed by atoms with van der Waals surface area (Å²) in [6, 6.07) is 15.4. The molecule has 1 N–H and O–H groups in total. The van der Waals surface area contributed by atoms with Gasteiger partial charge in [-0.2, -0.15) is 0 Å². The highest BCUT2D eigenvalue weighted by Crippen LogP contribution is 2.26. The Balaban J connectivity index is 1.48. The number of carbonyl (C=O) groups is 1. The van der Waals surface area contributed by atoms with Crippen LogP contribution in [0, 0.1) is 0 Å². The van der Waals surface area contributed by atoms with Crippen LogP contribution in [0.2, 0.25) is 0 Å². The number of nitrogens with one attached hydrogen (secondary N) is 1. The molecule has 6 nitrogen and oxygen atoms in total.